The Morgan fingerprint density at radius 2 is 2.19 bits per heavy atom. The van der Waals surface area contributed by atoms with Crippen molar-refractivity contribution in [2.75, 3.05) is 0 Å². The van der Waals surface area contributed by atoms with E-state index in [2.05, 4.69) is 10.6 Å². The van der Waals surface area contributed by atoms with E-state index in [0.29, 0.717) is 5.56 Å². The SMILES string of the molecule is O=C1CCC(NC(=O)Cc2cccc([N+](=O)[O-])c2)C(=O)N1. The van der Waals surface area contributed by atoms with Crippen LogP contribution in [-0.4, -0.2) is 28.7 Å². The fourth-order valence-electron chi connectivity index (χ4n) is 2.04. The van der Waals surface area contributed by atoms with Gasteiger partial charge in [-0.15, -0.1) is 0 Å². The molecule has 0 spiro atoms. The van der Waals surface area contributed by atoms with E-state index >= 15 is 0 Å². The highest BCUT2D eigenvalue weighted by atomic mass is 16.6. The molecule has 1 saturated heterocycles. The smallest absolute Gasteiger partial charge is 0.269 e. The summed E-state index contributed by atoms with van der Waals surface area (Å²) in [5.74, 6) is -1.31. The Balaban J connectivity index is 1.95. The molecule has 0 bridgehead atoms. The summed E-state index contributed by atoms with van der Waals surface area (Å²) in [6.45, 7) is 0. The molecule has 1 aromatic rings. The van der Waals surface area contributed by atoms with Crippen molar-refractivity contribution in [2.45, 2.75) is 25.3 Å². The number of rotatable bonds is 4. The fraction of sp³-hybridized carbons (Fsp3) is 0.308. The third-order valence-corrected chi connectivity index (χ3v) is 3.06. The first-order chi connectivity index (χ1) is 9.95. The molecular formula is C13H13N3O5. The maximum atomic E-state index is 11.8. The van der Waals surface area contributed by atoms with Gasteiger partial charge in [0, 0.05) is 18.6 Å². The topological polar surface area (TPSA) is 118 Å². The molecule has 1 aromatic carbocycles. The summed E-state index contributed by atoms with van der Waals surface area (Å²) in [7, 11) is 0. The minimum absolute atomic E-state index is 0.0700. The van der Waals surface area contributed by atoms with Gasteiger partial charge in [0.1, 0.15) is 6.04 Å². The number of non-ortho nitro benzene ring substituents is 1. The van der Waals surface area contributed by atoms with E-state index in [9.17, 15) is 24.5 Å². The third kappa shape index (κ3) is 3.85. The molecule has 8 nitrogen and oxygen atoms in total. The Bertz CT molecular complexity index is 614. The second-order valence-electron chi connectivity index (χ2n) is 4.67. The van der Waals surface area contributed by atoms with Crippen LogP contribution in [0.5, 0.6) is 0 Å². The van der Waals surface area contributed by atoms with Crippen LogP contribution in [0.1, 0.15) is 18.4 Å². The number of benzene rings is 1. The highest BCUT2D eigenvalue weighted by molar-refractivity contribution is 6.01. The number of piperidine rings is 1. The van der Waals surface area contributed by atoms with Gasteiger partial charge < -0.3 is 5.32 Å². The summed E-state index contributed by atoms with van der Waals surface area (Å²) in [6, 6.07) is 4.99. The molecule has 8 heteroatoms. The molecule has 2 N–H and O–H groups in total. The van der Waals surface area contributed by atoms with Gasteiger partial charge in [-0.05, 0) is 12.0 Å². The predicted octanol–water partition coefficient (Wildman–Crippen LogP) is 0.0587. The average Bonchev–Trinajstić information content (AvgIpc) is 2.42. The lowest BCUT2D eigenvalue weighted by Crippen LogP contribution is -2.52. The number of imide groups is 1. The van der Waals surface area contributed by atoms with E-state index in [1.165, 1.54) is 18.2 Å². The van der Waals surface area contributed by atoms with Crippen LogP contribution in [0.2, 0.25) is 0 Å². The Morgan fingerprint density at radius 3 is 2.86 bits per heavy atom. The lowest BCUT2D eigenvalue weighted by Gasteiger charge is -2.21. The molecule has 2 rings (SSSR count). The highest BCUT2D eigenvalue weighted by Crippen LogP contribution is 2.13. The Morgan fingerprint density at radius 1 is 1.43 bits per heavy atom. The van der Waals surface area contributed by atoms with Gasteiger partial charge in [-0.1, -0.05) is 12.1 Å². The second kappa shape index (κ2) is 6.12. The van der Waals surface area contributed by atoms with E-state index in [-0.39, 0.29) is 30.9 Å². The third-order valence-electron chi connectivity index (χ3n) is 3.06. The van der Waals surface area contributed by atoms with Crippen LogP contribution in [0.3, 0.4) is 0 Å². The normalized spacial score (nSPS) is 18.0. The molecule has 1 aliphatic rings. The van der Waals surface area contributed by atoms with Crippen LogP contribution in [0.15, 0.2) is 24.3 Å². The standard InChI is InChI=1S/C13H13N3O5/c17-11-5-4-10(13(19)15-11)14-12(18)7-8-2-1-3-9(6-8)16(20)21/h1-3,6,10H,4-5,7H2,(H,14,18)(H,15,17,19). The van der Waals surface area contributed by atoms with Gasteiger partial charge in [0.05, 0.1) is 11.3 Å². The first-order valence-corrected chi connectivity index (χ1v) is 6.32. The number of hydrogen-bond acceptors (Lipinski definition) is 5. The number of nitrogens with zero attached hydrogens (tertiary/aromatic N) is 1. The lowest BCUT2D eigenvalue weighted by molar-refractivity contribution is -0.384. The van der Waals surface area contributed by atoms with E-state index < -0.39 is 22.8 Å². The molecule has 1 aliphatic heterocycles. The predicted molar refractivity (Wildman–Crippen MR) is 71.1 cm³/mol. The molecule has 1 fully saturated rings. The van der Waals surface area contributed by atoms with Gasteiger partial charge in [-0.25, -0.2) is 0 Å². The second-order valence-corrected chi connectivity index (χ2v) is 4.67. The summed E-state index contributed by atoms with van der Waals surface area (Å²) in [5.41, 5.74) is 0.385. The summed E-state index contributed by atoms with van der Waals surface area (Å²) in [6.07, 6.45) is 0.359. The van der Waals surface area contributed by atoms with E-state index in [4.69, 9.17) is 0 Å². The zero-order chi connectivity index (χ0) is 15.4. The Kier molecular flexibility index (Phi) is 4.27. The van der Waals surface area contributed by atoms with Crippen molar-refractivity contribution < 1.29 is 19.3 Å². The van der Waals surface area contributed by atoms with E-state index in [1.54, 1.807) is 6.07 Å². The van der Waals surface area contributed by atoms with Crippen LogP contribution in [0.4, 0.5) is 5.69 Å². The van der Waals surface area contributed by atoms with Gasteiger partial charge in [0.25, 0.3) is 5.69 Å². The Labute approximate surface area is 119 Å². The number of carbonyl (C=O) groups is 3. The number of nitrogens with one attached hydrogen (secondary N) is 2. The van der Waals surface area contributed by atoms with Crippen molar-refractivity contribution >= 4 is 23.4 Å². The van der Waals surface area contributed by atoms with Gasteiger partial charge in [-0.2, -0.15) is 0 Å². The van der Waals surface area contributed by atoms with Crippen LogP contribution in [-0.2, 0) is 20.8 Å². The van der Waals surface area contributed by atoms with Crippen LogP contribution in [0.25, 0.3) is 0 Å². The first kappa shape index (κ1) is 14.6. The molecule has 110 valence electrons. The van der Waals surface area contributed by atoms with Gasteiger partial charge in [0.15, 0.2) is 0 Å². The molecule has 0 saturated carbocycles. The van der Waals surface area contributed by atoms with Crippen LogP contribution < -0.4 is 10.6 Å². The summed E-state index contributed by atoms with van der Waals surface area (Å²) in [4.78, 5) is 44.4. The van der Waals surface area contributed by atoms with Crippen LogP contribution >= 0.6 is 0 Å². The average molecular weight is 291 g/mol. The van der Waals surface area contributed by atoms with Crippen molar-refractivity contribution in [1.82, 2.24) is 10.6 Å². The number of amides is 3. The van der Waals surface area contributed by atoms with Gasteiger partial charge in [0.2, 0.25) is 17.7 Å². The van der Waals surface area contributed by atoms with Crippen molar-refractivity contribution in [3.63, 3.8) is 0 Å². The minimum Gasteiger partial charge on any atom is -0.344 e. The maximum absolute atomic E-state index is 11.8. The van der Waals surface area contributed by atoms with Crippen LogP contribution in [0, 0.1) is 10.1 Å². The van der Waals surface area contributed by atoms with Crippen molar-refractivity contribution in [2.24, 2.45) is 0 Å². The number of carbonyl (C=O) groups excluding carboxylic acids is 3. The van der Waals surface area contributed by atoms with Gasteiger partial charge >= 0.3 is 0 Å². The fourth-order valence-corrected chi connectivity index (χ4v) is 2.04. The van der Waals surface area contributed by atoms with Crippen molar-refractivity contribution in [3.8, 4) is 0 Å². The highest BCUT2D eigenvalue weighted by Gasteiger charge is 2.27. The maximum Gasteiger partial charge on any atom is 0.269 e. The summed E-state index contributed by atoms with van der Waals surface area (Å²) in [5, 5.41) is 15.3. The molecule has 1 atom stereocenters. The number of nitro benzene ring substituents is 1. The summed E-state index contributed by atoms with van der Waals surface area (Å²) >= 11 is 0. The van der Waals surface area contributed by atoms with Crippen molar-refractivity contribution in [3.05, 3.63) is 39.9 Å². The number of nitro groups is 1. The van der Waals surface area contributed by atoms with Crippen molar-refractivity contribution in [1.29, 1.82) is 0 Å². The van der Waals surface area contributed by atoms with Gasteiger partial charge in [-0.3, -0.25) is 29.8 Å². The zero-order valence-corrected chi connectivity index (χ0v) is 11.0. The first-order valence-electron chi connectivity index (χ1n) is 6.32. The minimum atomic E-state index is -0.742. The molecule has 1 unspecified atom stereocenters. The lowest BCUT2D eigenvalue weighted by atomic mass is 10.1. The Hall–Kier alpha value is -2.77. The molecule has 1 heterocycles. The quantitative estimate of drug-likeness (QED) is 0.462. The molecule has 3 amide bonds. The molecule has 0 aliphatic carbocycles. The molecular weight excluding hydrogens is 278 g/mol. The monoisotopic (exact) mass is 291 g/mol. The van der Waals surface area contributed by atoms with E-state index in [1.807, 2.05) is 0 Å². The van der Waals surface area contributed by atoms with E-state index in [0.717, 1.165) is 0 Å². The zero-order valence-electron chi connectivity index (χ0n) is 11.0. The molecule has 0 aromatic heterocycles. The molecule has 21 heavy (non-hydrogen) atoms. The molecule has 0 radical (unpaired) electrons. The summed E-state index contributed by atoms with van der Waals surface area (Å²) < 4.78 is 0. The largest absolute Gasteiger partial charge is 0.344 e. The number of hydrogen-bond donors (Lipinski definition) is 2.